The van der Waals surface area contributed by atoms with Gasteiger partial charge in [0.15, 0.2) is 0 Å². The normalized spacial score (nSPS) is 31.3. The zero-order valence-corrected chi connectivity index (χ0v) is 6.73. The van der Waals surface area contributed by atoms with E-state index in [9.17, 15) is 4.79 Å². The summed E-state index contributed by atoms with van der Waals surface area (Å²) in [5, 5.41) is 5.41. The van der Waals surface area contributed by atoms with Crippen LogP contribution in [0.15, 0.2) is 11.6 Å². The summed E-state index contributed by atoms with van der Waals surface area (Å²) < 4.78 is 0. The topological polar surface area (TPSA) is 29.1 Å². The van der Waals surface area contributed by atoms with Crippen molar-refractivity contribution in [2.75, 3.05) is 0 Å². The first-order valence-electron chi connectivity index (χ1n) is 3.40. The molecule has 0 saturated heterocycles. The van der Waals surface area contributed by atoms with Gasteiger partial charge in [0.05, 0.1) is 6.04 Å². The fourth-order valence-corrected chi connectivity index (χ4v) is 1.82. The lowest BCUT2D eigenvalue weighted by Gasteiger charge is -2.23. The van der Waals surface area contributed by atoms with Crippen molar-refractivity contribution in [2.45, 2.75) is 24.6 Å². The second-order valence-electron chi connectivity index (χ2n) is 2.21. The maximum absolute atomic E-state index is 10.4. The van der Waals surface area contributed by atoms with Crippen molar-refractivity contribution < 1.29 is 4.79 Å². The molecule has 0 amide bonds. The van der Waals surface area contributed by atoms with E-state index in [1.807, 2.05) is 11.6 Å². The Hall–Kier alpha value is -0.440. The van der Waals surface area contributed by atoms with E-state index in [1.165, 1.54) is 0 Å². The van der Waals surface area contributed by atoms with Crippen LogP contribution < -0.4 is 5.32 Å². The molecule has 1 aliphatic heterocycles. The van der Waals surface area contributed by atoms with E-state index in [0.29, 0.717) is 5.25 Å². The Morgan fingerprint density at radius 2 is 2.60 bits per heavy atom. The molecule has 0 radical (unpaired) electrons. The first kappa shape index (κ1) is 7.66. The van der Waals surface area contributed by atoms with Crippen molar-refractivity contribution in [1.29, 1.82) is 0 Å². The molecule has 1 N–H and O–H groups in total. The van der Waals surface area contributed by atoms with Crippen LogP contribution in [0.5, 0.6) is 0 Å². The van der Waals surface area contributed by atoms with Crippen LogP contribution in [0.1, 0.15) is 13.3 Å². The van der Waals surface area contributed by atoms with Gasteiger partial charge in [-0.15, -0.1) is 11.8 Å². The van der Waals surface area contributed by atoms with Gasteiger partial charge in [0, 0.05) is 11.4 Å². The Balaban J connectivity index is 2.53. The van der Waals surface area contributed by atoms with Gasteiger partial charge in [-0.2, -0.15) is 0 Å². The van der Waals surface area contributed by atoms with Gasteiger partial charge in [-0.3, -0.25) is 0 Å². The van der Waals surface area contributed by atoms with E-state index in [4.69, 9.17) is 0 Å². The van der Waals surface area contributed by atoms with Gasteiger partial charge in [-0.05, 0) is 11.8 Å². The van der Waals surface area contributed by atoms with Crippen LogP contribution in [0.3, 0.4) is 0 Å². The van der Waals surface area contributed by atoms with E-state index in [1.54, 1.807) is 11.8 Å². The number of hydrogen-bond acceptors (Lipinski definition) is 3. The highest BCUT2D eigenvalue weighted by molar-refractivity contribution is 8.02. The van der Waals surface area contributed by atoms with Crippen LogP contribution in [0.25, 0.3) is 0 Å². The fraction of sp³-hybridized carbons (Fsp3) is 0.571. The molecule has 0 aromatic heterocycles. The molecule has 2 unspecified atom stereocenters. The molecule has 0 spiro atoms. The van der Waals surface area contributed by atoms with E-state index in [2.05, 4.69) is 12.2 Å². The molecule has 0 saturated carbocycles. The Morgan fingerprint density at radius 3 is 3.10 bits per heavy atom. The highest BCUT2D eigenvalue weighted by Gasteiger charge is 2.19. The Kier molecular flexibility index (Phi) is 2.81. The molecule has 1 aliphatic rings. The molecular weight excluding hydrogens is 146 g/mol. The lowest BCUT2D eigenvalue weighted by atomic mass is 10.2. The van der Waals surface area contributed by atoms with Gasteiger partial charge in [-0.1, -0.05) is 6.92 Å². The summed E-state index contributed by atoms with van der Waals surface area (Å²) >= 11 is 1.72. The van der Waals surface area contributed by atoms with Gasteiger partial charge in [0.1, 0.15) is 6.29 Å². The summed E-state index contributed by atoms with van der Waals surface area (Å²) in [5.74, 6) is 0. The number of aldehydes is 1. The second-order valence-corrected chi connectivity index (χ2v) is 3.36. The van der Waals surface area contributed by atoms with E-state index in [0.717, 1.165) is 12.7 Å². The highest BCUT2D eigenvalue weighted by Crippen LogP contribution is 2.21. The Labute approximate surface area is 65.1 Å². The van der Waals surface area contributed by atoms with Crippen LogP contribution in [-0.4, -0.2) is 17.6 Å². The largest absolute Gasteiger partial charge is 0.380 e. The zero-order chi connectivity index (χ0) is 7.40. The number of nitrogens with one attached hydrogen (secondary N) is 1. The minimum absolute atomic E-state index is 0.0139. The summed E-state index contributed by atoms with van der Waals surface area (Å²) in [7, 11) is 0. The van der Waals surface area contributed by atoms with Crippen molar-refractivity contribution in [1.82, 2.24) is 5.32 Å². The molecule has 0 fully saturated rings. The molecule has 0 aliphatic carbocycles. The van der Waals surface area contributed by atoms with Crippen LogP contribution >= 0.6 is 11.8 Å². The van der Waals surface area contributed by atoms with Crippen molar-refractivity contribution in [3.63, 3.8) is 0 Å². The molecule has 56 valence electrons. The van der Waals surface area contributed by atoms with E-state index < -0.39 is 0 Å². The van der Waals surface area contributed by atoms with Gasteiger partial charge in [0.25, 0.3) is 0 Å². The average molecular weight is 157 g/mol. The summed E-state index contributed by atoms with van der Waals surface area (Å²) in [4.78, 5) is 10.4. The smallest absolute Gasteiger partial charge is 0.143 e. The summed E-state index contributed by atoms with van der Waals surface area (Å²) in [5.41, 5.74) is 0. The second kappa shape index (κ2) is 3.66. The van der Waals surface area contributed by atoms with Crippen LogP contribution in [0.2, 0.25) is 0 Å². The third kappa shape index (κ3) is 1.53. The number of carbonyl (C=O) groups is 1. The molecule has 3 heteroatoms. The number of rotatable bonds is 2. The highest BCUT2D eigenvalue weighted by atomic mass is 32.2. The zero-order valence-electron chi connectivity index (χ0n) is 5.91. The van der Waals surface area contributed by atoms with Crippen LogP contribution in [0, 0.1) is 0 Å². The van der Waals surface area contributed by atoms with Crippen LogP contribution in [0.4, 0.5) is 0 Å². The summed E-state index contributed by atoms with van der Waals surface area (Å²) in [6.45, 7) is 2.09. The third-order valence-corrected chi connectivity index (χ3v) is 2.83. The van der Waals surface area contributed by atoms with Gasteiger partial charge in [0.2, 0.25) is 0 Å². The van der Waals surface area contributed by atoms with Gasteiger partial charge in [-0.25, -0.2) is 0 Å². The molecule has 0 aromatic rings. The van der Waals surface area contributed by atoms with Crippen molar-refractivity contribution in [3.05, 3.63) is 11.6 Å². The molecule has 10 heavy (non-hydrogen) atoms. The first-order valence-corrected chi connectivity index (χ1v) is 4.34. The molecule has 0 bridgehead atoms. The predicted molar refractivity (Wildman–Crippen MR) is 43.8 cm³/mol. The lowest BCUT2D eigenvalue weighted by molar-refractivity contribution is -0.109. The first-order chi connectivity index (χ1) is 4.88. The van der Waals surface area contributed by atoms with Gasteiger partial charge < -0.3 is 10.1 Å². The van der Waals surface area contributed by atoms with E-state index in [-0.39, 0.29) is 6.04 Å². The molecular formula is C7H11NOS. The Morgan fingerprint density at radius 1 is 1.80 bits per heavy atom. The number of thioether (sulfide) groups is 1. The Bertz CT molecular complexity index is 147. The number of carbonyl (C=O) groups excluding carboxylic acids is 1. The van der Waals surface area contributed by atoms with E-state index >= 15 is 0 Å². The van der Waals surface area contributed by atoms with Crippen molar-refractivity contribution in [3.8, 4) is 0 Å². The monoisotopic (exact) mass is 157 g/mol. The lowest BCUT2D eigenvalue weighted by Crippen LogP contribution is -2.37. The summed E-state index contributed by atoms with van der Waals surface area (Å²) in [6, 6.07) is 0.0139. The SMILES string of the molecule is CCC1SC=CNC1C=O. The fourth-order valence-electron chi connectivity index (χ4n) is 0.960. The quantitative estimate of drug-likeness (QED) is 0.609. The molecule has 0 aromatic carbocycles. The van der Waals surface area contributed by atoms with Crippen molar-refractivity contribution in [2.24, 2.45) is 0 Å². The molecule has 1 heterocycles. The predicted octanol–water partition coefficient (Wildman–Crippen LogP) is 1.14. The van der Waals surface area contributed by atoms with Crippen LogP contribution in [-0.2, 0) is 4.79 Å². The summed E-state index contributed by atoms with van der Waals surface area (Å²) in [6.07, 6.45) is 3.84. The average Bonchev–Trinajstić information content (AvgIpc) is 2.04. The van der Waals surface area contributed by atoms with Gasteiger partial charge >= 0.3 is 0 Å². The third-order valence-electron chi connectivity index (χ3n) is 1.56. The standard InChI is InChI=1S/C7H11NOS/c1-2-7-6(5-9)8-3-4-10-7/h3-8H,2H2,1H3. The molecule has 2 atom stereocenters. The maximum atomic E-state index is 10.4. The maximum Gasteiger partial charge on any atom is 0.143 e. The van der Waals surface area contributed by atoms with Crippen molar-refractivity contribution >= 4 is 18.0 Å². The molecule has 2 nitrogen and oxygen atoms in total. The minimum atomic E-state index is 0.0139. The minimum Gasteiger partial charge on any atom is -0.380 e. The molecule has 1 rings (SSSR count). The number of hydrogen-bond donors (Lipinski definition) is 1.